The maximum Gasteiger partial charge on any atom is 0.242 e. The van der Waals surface area contributed by atoms with Gasteiger partial charge in [-0.05, 0) is 67.3 Å². The molecule has 2 aromatic carbocycles. The first-order chi connectivity index (χ1) is 13.2. The number of nitrogens with zero attached hydrogens (tertiary/aromatic N) is 2. The predicted molar refractivity (Wildman–Crippen MR) is 115 cm³/mol. The van der Waals surface area contributed by atoms with E-state index in [2.05, 4.69) is 32.0 Å². The fourth-order valence-electron chi connectivity index (χ4n) is 3.20. The van der Waals surface area contributed by atoms with Crippen LogP contribution in [0.1, 0.15) is 23.1 Å². The second-order valence-electron chi connectivity index (χ2n) is 7.22. The molecule has 3 rings (SSSR count). The number of rotatable bonds is 6. The predicted octanol–water partition coefficient (Wildman–Crippen LogP) is 3.63. The fourth-order valence-corrected chi connectivity index (χ4v) is 5.09. The molecule has 7 heteroatoms. The normalized spacial score (nSPS) is 13.8. The minimum absolute atomic E-state index is 0.0818. The largest absolute Gasteiger partial charge is 0.312 e. The molecule has 0 saturated heterocycles. The molecule has 0 bridgehead atoms. The van der Waals surface area contributed by atoms with E-state index < -0.39 is 10.0 Å². The van der Waals surface area contributed by atoms with Gasteiger partial charge >= 0.3 is 0 Å². The minimum Gasteiger partial charge on any atom is -0.312 e. The summed E-state index contributed by atoms with van der Waals surface area (Å²) >= 11 is 1.69. The summed E-state index contributed by atoms with van der Waals surface area (Å²) in [7, 11) is -0.422. The number of carbonyl (C=O) groups excluding carboxylic acids is 1. The SMILES string of the molecule is Cc1ccc(SCCC(=O)N2CCc3cc(S(=O)(=O)N(C)C)ccc32)cc1C. The summed E-state index contributed by atoms with van der Waals surface area (Å²) in [5.41, 5.74) is 4.27. The monoisotopic (exact) mass is 418 g/mol. The molecular formula is C21H26N2O3S2. The summed E-state index contributed by atoms with van der Waals surface area (Å²) in [5.74, 6) is 0.804. The average molecular weight is 419 g/mol. The Balaban J connectivity index is 1.65. The molecule has 1 aliphatic rings. The van der Waals surface area contributed by atoms with E-state index in [1.807, 2.05) is 0 Å². The van der Waals surface area contributed by atoms with Gasteiger partial charge in [-0.1, -0.05) is 6.07 Å². The molecule has 28 heavy (non-hydrogen) atoms. The van der Waals surface area contributed by atoms with E-state index in [4.69, 9.17) is 0 Å². The van der Waals surface area contributed by atoms with Crippen LogP contribution in [0.3, 0.4) is 0 Å². The zero-order chi connectivity index (χ0) is 20.5. The first-order valence-corrected chi connectivity index (χ1v) is 11.7. The molecule has 1 amide bonds. The van der Waals surface area contributed by atoms with Gasteiger partial charge in [-0.15, -0.1) is 11.8 Å². The number of sulfonamides is 1. The number of thioether (sulfide) groups is 1. The molecule has 0 spiro atoms. The molecule has 0 aliphatic carbocycles. The quantitative estimate of drug-likeness (QED) is 0.672. The van der Waals surface area contributed by atoms with Gasteiger partial charge in [0.05, 0.1) is 4.90 Å². The first kappa shape index (κ1) is 20.9. The summed E-state index contributed by atoms with van der Waals surface area (Å²) in [5, 5.41) is 0. The number of anilines is 1. The Bertz CT molecular complexity index is 1000. The molecule has 0 unspecified atom stereocenters. The van der Waals surface area contributed by atoms with Crippen LogP contribution < -0.4 is 4.90 Å². The molecule has 0 radical (unpaired) electrons. The maximum absolute atomic E-state index is 12.7. The molecule has 0 aromatic heterocycles. The Kier molecular flexibility index (Phi) is 6.17. The van der Waals surface area contributed by atoms with Crippen LogP contribution in [0.2, 0.25) is 0 Å². The van der Waals surface area contributed by atoms with Crippen molar-refractivity contribution in [3.63, 3.8) is 0 Å². The van der Waals surface area contributed by atoms with E-state index in [1.54, 1.807) is 34.9 Å². The first-order valence-electron chi connectivity index (χ1n) is 9.26. The topological polar surface area (TPSA) is 57.7 Å². The highest BCUT2D eigenvalue weighted by atomic mass is 32.2. The lowest BCUT2D eigenvalue weighted by molar-refractivity contribution is -0.118. The van der Waals surface area contributed by atoms with E-state index in [-0.39, 0.29) is 10.8 Å². The van der Waals surface area contributed by atoms with Crippen molar-refractivity contribution in [3.8, 4) is 0 Å². The number of aryl methyl sites for hydroxylation is 2. The third kappa shape index (κ3) is 4.26. The van der Waals surface area contributed by atoms with Gasteiger partial charge in [-0.2, -0.15) is 0 Å². The molecule has 5 nitrogen and oxygen atoms in total. The van der Waals surface area contributed by atoms with Crippen LogP contribution in [-0.4, -0.2) is 45.0 Å². The van der Waals surface area contributed by atoms with Crippen LogP contribution in [0.15, 0.2) is 46.2 Å². The Hall–Kier alpha value is -1.83. The van der Waals surface area contributed by atoms with Crippen molar-refractivity contribution in [3.05, 3.63) is 53.1 Å². The van der Waals surface area contributed by atoms with Gasteiger partial charge in [0.15, 0.2) is 0 Å². The van der Waals surface area contributed by atoms with Crippen molar-refractivity contribution in [2.75, 3.05) is 31.3 Å². The molecule has 2 aromatic rings. The molecular weight excluding hydrogens is 392 g/mol. The van der Waals surface area contributed by atoms with Gasteiger partial charge in [-0.3, -0.25) is 4.79 Å². The lowest BCUT2D eigenvalue weighted by Crippen LogP contribution is -2.29. The Morgan fingerprint density at radius 3 is 2.54 bits per heavy atom. The lowest BCUT2D eigenvalue weighted by atomic mass is 10.1. The summed E-state index contributed by atoms with van der Waals surface area (Å²) < 4.78 is 25.8. The molecule has 0 atom stereocenters. The second-order valence-corrected chi connectivity index (χ2v) is 10.5. The summed E-state index contributed by atoms with van der Waals surface area (Å²) in [4.78, 5) is 15.9. The van der Waals surface area contributed by atoms with Crippen LogP contribution >= 0.6 is 11.8 Å². The molecule has 1 heterocycles. The van der Waals surface area contributed by atoms with Gasteiger partial charge in [0.1, 0.15) is 0 Å². The highest BCUT2D eigenvalue weighted by Gasteiger charge is 2.27. The van der Waals surface area contributed by atoms with Gasteiger partial charge in [-0.25, -0.2) is 12.7 Å². The van der Waals surface area contributed by atoms with Crippen LogP contribution in [0, 0.1) is 13.8 Å². The molecule has 0 N–H and O–H groups in total. The number of amides is 1. The number of carbonyl (C=O) groups is 1. The lowest BCUT2D eigenvalue weighted by Gasteiger charge is -2.18. The fraction of sp³-hybridized carbons (Fsp3) is 0.381. The van der Waals surface area contributed by atoms with Crippen LogP contribution in [0.4, 0.5) is 5.69 Å². The summed E-state index contributed by atoms with van der Waals surface area (Å²) in [6.07, 6.45) is 1.14. The van der Waals surface area contributed by atoms with Crippen molar-refractivity contribution in [1.82, 2.24) is 4.31 Å². The Morgan fingerprint density at radius 2 is 1.86 bits per heavy atom. The molecule has 1 aliphatic heterocycles. The van der Waals surface area contributed by atoms with Crippen LogP contribution in [0.25, 0.3) is 0 Å². The molecule has 0 fully saturated rings. The van der Waals surface area contributed by atoms with E-state index in [1.165, 1.54) is 34.4 Å². The second kappa shape index (κ2) is 8.27. The van der Waals surface area contributed by atoms with Gasteiger partial charge in [0.2, 0.25) is 15.9 Å². The van der Waals surface area contributed by atoms with E-state index >= 15 is 0 Å². The summed E-state index contributed by atoms with van der Waals surface area (Å²) in [6.45, 7) is 4.79. The van der Waals surface area contributed by atoms with E-state index in [9.17, 15) is 13.2 Å². The number of fused-ring (bicyclic) bond motifs is 1. The van der Waals surface area contributed by atoms with E-state index in [0.717, 1.165) is 17.0 Å². The third-order valence-electron chi connectivity index (χ3n) is 5.09. The van der Waals surface area contributed by atoms with Crippen LogP contribution in [0.5, 0.6) is 0 Å². The van der Waals surface area contributed by atoms with Gasteiger partial charge < -0.3 is 4.90 Å². The number of benzene rings is 2. The average Bonchev–Trinajstić information content (AvgIpc) is 3.07. The highest BCUT2D eigenvalue weighted by Crippen LogP contribution is 2.32. The standard InChI is InChI=1S/C21H26N2O3S2/c1-15-5-6-18(13-16(15)2)27-12-10-21(24)23-11-9-17-14-19(7-8-20(17)23)28(25,26)22(3)4/h5-8,13-14H,9-12H2,1-4H3. The van der Waals surface area contributed by atoms with Crippen molar-refractivity contribution >= 4 is 33.4 Å². The zero-order valence-corrected chi connectivity index (χ0v) is 18.4. The third-order valence-corrected chi connectivity index (χ3v) is 7.90. The van der Waals surface area contributed by atoms with Crippen molar-refractivity contribution in [1.29, 1.82) is 0 Å². The summed E-state index contributed by atoms with van der Waals surface area (Å²) in [6, 6.07) is 11.4. The zero-order valence-electron chi connectivity index (χ0n) is 16.7. The minimum atomic E-state index is -3.46. The van der Waals surface area contributed by atoms with Gasteiger partial charge in [0, 0.05) is 43.4 Å². The van der Waals surface area contributed by atoms with Gasteiger partial charge in [0.25, 0.3) is 0 Å². The highest BCUT2D eigenvalue weighted by molar-refractivity contribution is 7.99. The Labute approximate surface area is 171 Å². The molecule has 150 valence electrons. The maximum atomic E-state index is 12.7. The van der Waals surface area contributed by atoms with Crippen LogP contribution in [-0.2, 0) is 21.2 Å². The number of hydrogen-bond acceptors (Lipinski definition) is 4. The van der Waals surface area contributed by atoms with Crippen molar-refractivity contribution < 1.29 is 13.2 Å². The molecule has 0 saturated carbocycles. The Morgan fingerprint density at radius 1 is 1.11 bits per heavy atom. The van der Waals surface area contributed by atoms with Crippen molar-refractivity contribution in [2.24, 2.45) is 0 Å². The smallest absolute Gasteiger partial charge is 0.242 e. The van der Waals surface area contributed by atoms with E-state index in [0.29, 0.717) is 19.4 Å². The number of hydrogen-bond donors (Lipinski definition) is 0. The van der Waals surface area contributed by atoms with Crippen molar-refractivity contribution in [2.45, 2.75) is 36.5 Å².